The van der Waals surface area contributed by atoms with Crippen LogP contribution in [0.5, 0.6) is 0 Å². The number of likely N-dealkylation sites (N-methyl/N-ethyl adjacent to an activating group) is 1. The maximum absolute atomic E-state index is 12.4. The van der Waals surface area contributed by atoms with Crippen molar-refractivity contribution >= 4 is 32.8 Å². The van der Waals surface area contributed by atoms with Gasteiger partial charge in [0.25, 0.3) is 10.0 Å². The number of isocyanates is 1. The molecule has 0 saturated heterocycles. The minimum atomic E-state index is -3.54. The maximum Gasteiger partial charge on any atom is 0.277 e. The SMILES string of the molecule is CCN1CCn2c(nc3ccc(N=C=O)cc32)S1(=O)=O. The molecule has 1 aliphatic heterocycles. The minimum absolute atomic E-state index is 0.0489. The van der Waals surface area contributed by atoms with E-state index in [0.29, 0.717) is 36.4 Å². The van der Waals surface area contributed by atoms with Gasteiger partial charge in [0.15, 0.2) is 0 Å². The van der Waals surface area contributed by atoms with Crippen LogP contribution in [0.3, 0.4) is 0 Å². The van der Waals surface area contributed by atoms with Gasteiger partial charge in [-0.25, -0.2) is 18.2 Å². The van der Waals surface area contributed by atoms with Crippen LogP contribution < -0.4 is 0 Å². The van der Waals surface area contributed by atoms with Crippen molar-refractivity contribution < 1.29 is 13.2 Å². The lowest BCUT2D eigenvalue weighted by molar-refractivity contribution is 0.369. The second-order valence-electron chi connectivity index (χ2n) is 4.42. The van der Waals surface area contributed by atoms with E-state index in [-0.39, 0.29) is 5.16 Å². The molecular weight excluding hydrogens is 280 g/mol. The molecule has 3 rings (SSSR count). The molecule has 2 aromatic rings. The monoisotopic (exact) mass is 292 g/mol. The largest absolute Gasteiger partial charge is 0.312 e. The first-order valence-corrected chi connectivity index (χ1v) is 7.60. The van der Waals surface area contributed by atoms with Crippen LogP contribution in [-0.4, -0.2) is 41.4 Å². The van der Waals surface area contributed by atoms with Crippen molar-refractivity contribution in [2.45, 2.75) is 18.6 Å². The van der Waals surface area contributed by atoms with Gasteiger partial charge in [-0.1, -0.05) is 6.92 Å². The summed E-state index contributed by atoms with van der Waals surface area (Å²) < 4.78 is 27.8. The topological polar surface area (TPSA) is 84.6 Å². The molecule has 0 atom stereocenters. The number of aliphatic imine (C=N–C) groups is 1. The molecular formula is C12H12N4O3S. The molecule has 1 aromatic heterocycles. The second-order valence-corrected chi connectivity index (χ2v) is 6.25. The molecule has 8 heteroatoms. The predicted octanol–water partition coefficient (Wildman–Crippen LogP) is 1.03. The highest BCUT2D eigenvalue weighted by Crippen LogP contribution is 2.28. The van der Waals surface area contributed by atoms with Crippen molar-refractivity contribution in [2.24, 2.45) is 4.99 Å². The maximum atomic E-state index is 12.4. The number of fused-ring (bicyclic) bond motifs is 3. The number of imidazole rings is 1. The fourth-order valence-electron chi connectivity index (χ4n) is 2.40. The number of benzene rings is 1. The van der Waals surface area contributed by atoms with Gasteiger partial charge < -0.3 is 4.57 Å². The number of nitrogens with zero attached hydrogens (tertiary/aromatic N) is 4. The third kappa shape index (κ3) is 1.77. The van der Waals surface area contributed by atoms with E-state index in [0.717, 1.165) is 0 Å². The highest BCUT2D eigenvalue weighted by Gasteiger charge is 2.33. The molecule has 0 bridgehead atoms. The number of hydrogen-bond acceptors (Lipinski definition) is 5. The van der Waals surface area contributed by atoms with Crippen molar-refractivity contribution in [3.8, 4) is 0 Å². The smallest absolute Gasteiger partial charge is 0.277 e. The lowest BCUT2D eigenvalue weighted by Gasteiger charge is -2.25. The molecule has 0 fully saturated rings. The molecule has 0 aliphatic carbocycles. The number of sulfonamides is 1. The Morgan fingerprint density at radius 1 is 1.40 bits per heavy atom. The molecule has 1 aromatic carbocycles. The van der Waals surface area contributed by atoms with Crippen LogP contribution in [0.25, 0.3) is 11.0 Å². The van der Waals surface area contributed by atoms with E-state index in [1.54, 1.807) is 29.7 Å². The Morgan fingerprint density at radius 2 is 2.20 bits per heavy atom. The zero-order chi connectivity index (χ0) is 14.3. The number of hydrogen-bond donors (Lipinski definition) is 0. The normalized spacial score (nSPS) is 17.6. The van der Waals surface area contributed by atoms with Crippen LogP contribution in [0.2, 0.25) is 0 Å². The minimum Gasteiger partial charge on any atom is -0.312 e. The summed E-state index contributed by atoms with van der Waals surface area (Å²) in [6.45, 7) is 3.17. The van der Waals surface area contributed by atoms with Gasteiger partial charge in [0.2, 0.25) is 11.2 Å². The van der Waals surface area contributed by atoms with Crippen molar-refractivity contribution in [3.05, 3.63) is 18.2 Å². The van der Waals surface area contributed by atoms with E-state index in [1.165, 1.54) is 10.4 Å². The van der Waals surface area contributed by atoms with Gasteiger partial charge in [-0.05, 0) is 18.2 Å². The quantitative estimate of drug-likeness (QED) is 0.611. The van der Waals surface area contributed by atoms with Crippen molar-refractivity contribution in [2.75, 3.05) is 13.1 Å². The number of carbonyl (C=O) groups excluding carboxylic acids is 1. The highest BCUT2D eigenvalue weighted by atomic mass is 32.2. The zero-order valence-electron chi connectivity index (χ0n) is 10.8. The fourth-order valence-corrected chi connectivity index (χ4v) is 3.97. The van der Waals surface area contributed by atoms with Crippen molar-refractivity contribution in [1.29, 1.82) is 0 Å². The fraction of sp³-hybridized carbons (Fsp3) is 0.333. The summed E-state index contributed by atoms with van der Waals surface area (Å²) >= 11 is 0. The predicted molar refractivity (Wildman–Crippen MR) is 71.9 cm³/mol. The first-order valence-electron chi connectivity index (χ1n) is 6.16. The lowest BCUT2D eigenvalue weighted by Crippen LogP contribution is -2.39. The number of rotatable bonds is 2. The van der Waals surface area contributed by atoms with Crippen LogP contribution in [0, 0.1) is 0 Å². The molecule has 7 nitrogen and oxygen atoms in total. The Bertz CT molecular complexity index is 834. The second kappa shape index (κ2) is 4.52. The van der Waals surface area contributed by atoms with Crippen LogP contribution in [0.1, 0.15) is 6.92 Å². The standard InChI is InChI=1S/C12H12N4O3S/c1-2-15-5-6-16-11-7-9(13-8-17)3-4-10(11)14-12(16)20(15,18)19/h3-4,7H,2,5-6H2,1H3. The lowest BCUT2D eigenvalue weighted by atomic mass is 10.3. The molecule has 0 spiro atoms. The average molecular weight is 292 g/mol. The van der Waals surface area contributed by atoms with Crippen LogP contribution in [0.15, 0.2) is 28.3 Å². The summed E-state index contributed by atoms with van der Waals surface area (Å²) in [5, 5.41) is 0.0489. The van der Waals surface area contributed by atoms with Gasteiger partial charge in [0.05, 0.1) is 16.7 Å². The van der Waals surface area contributed by atoms with Gasteiger partial charge in [0, 0.05) is 19.6 Å². The van der Waals surface area contributed by atoms with Gasteiger partial charge in [-0.15, -0.1) is 0 Å². The van der Waals surface area contributed by atoms with Gasteiger partial charge >= 0.3 is 0 Å². The molecule has 20 heavy (non-hydrogen) atoms. The Morgan fingerprint density at radius 3 is 2.90 bits per heavy atom. The first kappa shape index (κ1) is 13.0. The molecule has 0 radical (unpaired) electrons. The first-order chi connectivity index (χ1) is 9.57. The molecule has 2 heterocycles. The summed E-state index contributed by atoms with van der Waals surface area (Å²) in [5.41, 5.74) is 1.67. The van der Waals surface area contributed by atoms with E-state index in [2.05, 4.69) is 9.98 Å². The van der Waals surface area contributed by atoms with Crippen molar-refractivity contribution in [3.63, 3.8) is 0 Å². The summed E-state index contributed by atoms with van der Waals surface area (Å²) in [6.07, 6.45) is 1.47. The summed E-state index contributed by atoms with van der Waals surface area (Å²) in [4.78, 5) is 18.1. The third-order valence-electron chi connectivity index (χ3n) is 3.37. The molecule has 0 saturated carbocycles. The summed E-state index contributed by atoms with van der Waals surface area (Å²) in [7, 11) is -3.54. The Labute approximate surface area is 115 Å². The number of aromatic nitrogens is 2. The molecule has 0 unspecified atom stereocenters. The molecule has 0 N–H and O–H groups in total. The summed E-state index contributed by atoms with van der Waals surface area (Å²) in [6, 6.07) is 4.91. The molecule has 104 valence electrons. The molecule has 1 aliphatic rings. The van der Waals surface area contributed by atoms with E-state index < -0.39 is 10.0 Å². The average Bonchev–Trinajstić information content (AvgIpc) is 2.79. The van der Waals surface area contributed by atoms with Crippen LogP contribution in [0.4, 0.5) is 5.69 Å². The highest BCUT2D eigenvalue weighted by molar-refractivity contribution is 7.89. The zero-order valence-corrected chi connectivity index (χ0v) is 11.6. The summed E-state index contributed by atoms with van der Waals surface area (Å²) in [5.74, 6) is 0. The Kier molecular flexibility index (Phi) is 2.93. The van der Waals surface area contributed by atoms with Crippen LogP contribution >= 0.6 is 0 Å². The van der Waals surface area contributed by atoms with Gasteiger partial charge in [-0.3, -0.25) is 0 Å². The van der Waals surface area contributed by atoms with E-state index >= 15 is 0 Å². The van der Waals surface area contributed by atoms with E-state index in [9.17, 15) is 13.2 Å². The van der Waals surface area contributed by atoms with Crippen molar-refractivity contribution in [1.82, 2.24) is 13.9 Å². The Balaban J connectivity index is 2.27. The van der Waals surface area contributed by atoms with E-state index in [4.69, 9.17) is 0 Å². The van der Waals surface area contributed by atoms with Gasteiger partial charge in [-0.2, -0.15) is 9.30 Å². The van der Waals surface area contributed by atoms with Crippen LogP contribution in [-0.2, 0) is 21.4 Å². The molecule has 0 amide bonds. The third-order valence-corrected chi connectivity index (χ3v) is 5.26. The van der Waals surface area contributed by atoms with E-state index in [1.807, 2.05) is 0 Å². The van der Waals surface area contributed by atoms with Gasteiger partial charge in [0.1, 0.15) is 0 Å². The Hall–Kier alpha value is -2.02.